The van der Waals surface area contributed by atoms with Gasteiger partial charge >= 0.3 is 12.0 Å². The minimum absolute atomic E-state index is 0.373. The molecule has 5 nitrogen and oxygen atoms in total. The Morgan fingerprint density at radius 3 is 2.30 bits per heavy atom. The van der Waals surface area contributed by atoms with E-state index in [1.165, 1.54) is 25.7 Å². The van der Waals surface area contributed by atoms with Crippen molar-refractivity contribution in [3.8, 4) is 0 Å². The molecule has 0 aliphatic heterocycles. The molecule has 1 aliphatic carbocycles. The summed E-state index contributed by atoms with van der Waals surface area (Å²) in [5.74, 6) is -0.145. The van der Waals surface area contributed by atoms with E-state index in [2.05, 4.69) is 10.6 Å². The molecule has 0 aromatic carbocycles. The lowest BCUT2D eigenvalue weighted by molar-refractivity contribution is -0.144. The monoisotopic (exact) mass is 284 g/mol. The van der Waals surface area contributed by atoms with E-state index in [4.69, 9.17) is 0 Å². The van der Waals surface area contributed by atoms with Gasteiger partial charge in [0.2, 0.25) is 0 Å². The summed E-state index contributed by atoms with van der Waals surface area (Å²) in [5, 5.41) is 14.6. The molecular formula is C15H28N2O3. The summed E-state index contributed by atoms with van der Waals surface area (Å²) < 4.78 is 0. The summed E-state index contributed by atoms with van der Waals surface area (Å²) in [6.45, 7) is 4.17. The highest BCUT2D eigenvalue weighted by Gasteiger charge is 2.36. The van der Waals surface area contributed by atoms with Gasteiger partial charge in [0.05, 0.1) is 0 Å². The second-order valence-electron chi connectivity index (χ2n) is 5.77. The zero-order valence-electron chi connectivity index (χ0n) is 12.7. The van der Waals surface area contributed by atoms with Crippen molar-refractivity contribution in [3.05, 3.63) is 0 Å². The van der Waals surface area contributed by atoms with Gasteiger partial charge in [-0.1, -0.05) is 39.5 Å². The number of hydrogen-bond donors (Lipinski definition) is 3. The third-order valence-electron chi connectivity index (χ3n) is 4.52. The molecule has 0 unspecified atom stereocenters. The zero-order valence-corrected chi connectivity index (χ0v) is 12.7. The first-order valence-corrected chi connectivity index (χ1v) is 7.83. The van der Waals surface area contributed by atoms with Crippen LogP contribution in [0, 0.1) is 5.92 Å². The van der Waals surface area contributed by atoms with E-state index >= 15 is 0 Å². The van der Waals surface area contributed by atoms with E-state index in [-0.39, 0.29) is 6.03 Å². The van der Waals surface area contributed by atoms with Gasteiger partial charge in [-0.05, 0) is 31.6 Å². The Kier molecular flexibility index (Phi) is 6.82. The maximum Gasteiger partial charge on any atom is 0.329 e. The highest BCUT2D eigenvalue weighted by Crippen LogP contribution is 2.28. The fourth-order valence-corrected chi connectivity index (χ4v) is 2.94. The average molecular weight is 284 g/mol. The molecule has 0 radical (unpaired) electrons. The van der Waals surface area contributed by atoms with Crippen molar-refractivity contribution >= 4 is 12.0 Å². The quantitative estimate of drug-likeness (QED) is 0.600. The van der Waals surface area contributed by atoms with Crippen molar-refractivity contribution in [1.82, 2.24) is 10.6 Å². The highest BCUT2D eigenvalue weighted by atomic mass is 16.4. The number of aliphatic carboxylic acids is 1. The Balaban J connectivity index is 2.25. The number of hydrogen-bond acceptors (Lipinski definition) is 2. The summed E-state index contributed by atoms with van der Waals surface area (Å²) in [5.41, 5.74) is -1.14. The molecule has 1 saturated carbocycles. The Morgan fingerprint density at radius 2 is 1.80 bits per heavy atom. The smallest absolute Gasteiger partial charge is 0.329 e. The summed E-state index contributed by atoms with van der Waals surface area (Å²) in [7, 11) is 0. The Hall–Kier alpha value is -1.26. The lowest BCUT2D eigenvalue weighted by Gasteiger charge is -2.28. The minimum Gasteiger partial charge on any atom is -0.480 e. The predicted molar refractivity (Wildman–Crippen MR) is 78.7 cm³/mol. The maximum absolute atomic E-state index is 11.8. The van der Waals surface area contributed by atoms with Gasteiger partial charge < -0.3 is 15.7 Å². The number of carboxylic acids is 1. The standard InChI is InChI=1S/C15H28N2O3/c1-3-15(4-2,13(18)19)17-14(20)16-11-7-10-12-8-5-6-9-12/h12H,3-11H2,1-2H3,(H,18,19)(H2,16,17,20). The molecule has 0 heterocycles. The van der Waals surface area contributed by atoms with E-state index in [1.54, 1.807) is 13.8 Å². The molecule has 116 valence electrons. The second kappa shape index (κ2) is 8.12. The number of amides is 2. The molecule has 20 heavy (non-hydrogen) atoms. The first-order chi connectivity index (χ1) is 9.54. The van der Waals surface area contributed by atoms with Crippen molar-refractivity contribution in [1.29, 1.82) is 0 Å². The molecule has 0 bridgehead atoms. The lowest BCUT2D eigenvalue weighted by Crippen LogP contribution is -2.56. The Labute approximate surface area is 121 Å². The topological polar surface area (TPSA) is 78.4 Å². The van der Waals surface area contributed by atoms with Crippen LogP contribution in [0.2, 0.25) is 0 Å². The van der Waals surface area contributed by atoms with Gasteiger partial charge in [-0.15, -0.1) is 0 Å². The van der Waals surface area contributed by atoms with E-state index in [9.17, 15) is 14.7 Å². The highest BCUT2D eigenvalue weighted by molar-refractivity contribution is 5.86. The van der Waals surface area contributed by atoms with Crippen LogP contribution in [-0.4, -0.2) is 29.2 Å². The number of nitrogens with one attached hydrogen (secondary N) is 2. The molecule has 1 aliphatic rings. The number of carboxylic acid groups (broad SMARTS) is 1. The average Bonchev–Trinajstić information content (AvgIpc) is 2.94. The van der Waals surface area contributed by atoms with E-state index < -0.39 is 11.5 Å². The molecule has 0 aromatic heterocycles. The normalized spacial score (nSPS) is 16.1. The van der Waals surface area contributed by atoms with E-state index in [0.29, 0.717) is 19.4 Å². The van der Waals surface area contributed by atoms with Crippen LogP contribution in [-0.2, 0) is 4.79 Å². The largest absolute Gasteiger partial charge is 0.480 e. The molecule has 1 rings (SSSR count). The number of carbonyl (C=O) groups is 2. The van der Waals surface area contributed by atoms with Crippen LogP contribution < -0.4 is 10.6 Å². The van der Waals surface area contributed by atoms with Gasteiger partial charge in [0, 0.05) is 6.54 Å². The van der Waals surface area contributed by atoms with E-state index in [0.717, 1.165) is 18.8 Å². The van der Waals surface area contributed by atoms with Crippen molar-refractivity contribution in [2.24, 2.45) is 5.92 Å². The van der Waals surface area contributed by atoms with Crippen LogP contribution in [0.25, 0.3) is 0 Å². The molecule has 1 fully saturated rings. The van der Waals surface area contributed by atoms with Crippen LogP contribution in [0.3, 0.4) is 0 Å². The van der Waals surface area contributed by atoms with Crippen LogP contribution >= 0.6 is 0 Å². The van der Waals surface area contributed by atoms with Crippen molar-refractivity contribution < 1.29 is 14.7 Å². The van der Waals surface area contributed by atoms with Crippen molar-refractivity contribution in [2.75, 3.05) is 6.54 Å². The van der Waals surface area contributed by atoms with Crippen LogP contribution in [0.4, 0.5) is 4.79 Å². The van der Waals surface area contributed by atoms with Gasteiger partial charge in [-0.3, -0.25) is 0 Å². The van der Waals surface area contributed by atoms with Crippen LogP contribution in [0.1, 0.15) is 65.2 Å². The van der Waals surface area contributed by atoms with Crippen LogP contribution in [0.15, 0.2) is 0 Å². The molecule has 0 atom stereocenters. The molecule has 0 spiro atoms. The summed E-state index contributed by atoms with van der Waals surface area (Å²) in [6, 6.07) is -0.373. The Bertz CT molecular complexity index is 321. The van der Waals surface area contributed by atoms with Crippen molar-refractivity contribution in [3.63, 3.8) is 0 Å². The number of carbonyl (C=O) groups excluding carboxylic acids is 1. The summed E-state index contributed by atoms with van der Waals surface area (Å²) in [4.78, 5) is 23.1. The number of urea groups is 1. The van der Waals surface area contributed by atoms with Gasteiger partial charge in [0.25, 0.3) is 0 Å². The molecular weight excluding hydrogens is 256 g/mol. The first-order valence-electron chi connectivity index (χ1n) is 7.83. The summed E-state index contributed by atoms with van der Waals surface area (Å²) in [6.07, 6.45) is 8.21. The fraction of sp³-hybridized carbons (Fsp3) is 0.867. The molecule has 5 heteroatoms. The third kappa shape index (κ3) is 4.69. The molecule has 0 aromatic rings. The third-order valence-corrected chi connectivity index (χ3v) is 4.52. The van der Waals surface area contributed by atoms with Crippen molar-refractivity contribution in [2.45, 2.75) is 70.8 Å². The fourth-order valence-electron chi connectivity index (χ4n) is 2.94. The van der Waals surface area contributed by atoms with Gasteiger partial charge in [0.15, 0.2) is 0 Å². The molecule has 3 N–H and O–H groups in total. The van der Waals surface area contributed by atoms with Gasteiger partial charge in [-0.25, -0.2) is 9.59 Å². The maximum atomic E-state index is 11.8. The minimum atomic E-state index is -1.14. The SMILES string of the molecule is CCC(CC)(NC(=O)NCCCC1CCCC1)C(=O)O. The summed E-state index contributed by atoms with van der Waals surface area (Å²) >= 11 is 0. The van der Waals surface area contributed by atoms with E-state index in [1.807, 2.05) is 0 Å². The van der Waals surface area contributed by atoms with Crippen LogP contribution in [0.5, 0.6) is 0 Å². The number of rotatable bonds is 8. The second-order valence-corrected chi connectivity index (χ2v) is 5.77. The predicted octanol–water partition coefficient (Wildman–Crippen LogP) is 2.90. The Morgan fingerprint density at radius 1 is 1.20 bits per heavy atom. The lowest BCUT2D eigenvalue weighted by atomic mass is 9.93. The van der Waals surface area contributed by atoms with Gasteiger partial charge in [0.1, 0.15) is 5.54 Å². The zero-order chi connectivity index (χ0) is 15.0. The first kappa shape index (κ1) is 16.8. The molecule has 0 saturated heterocycles. The van der Waals surface area contributed by atoms with Gasteiger partial charge in [-0.2, -0.15) is 0 Å². The molecule has 2 amide bonds.